The molecular weight excluding hydrogens is 162 g/mol. The summed E-state index contributed by atoms with van der Waals surface area (Å²) >= 11 is 0. The van der Waals surface area contributed by atoms with Gasteiger partial charge in [-0.1, -0.05) is 0 Å². The Morgan fingerprint density at radius 2 is 2.46 bits per heavy atom. The van der Waals surface area contributed by atoms with Gasteiger partial charge in [0.05, 0.1) is 0 Å². The maximum absolute atomic E-state index is 4.41. The minimum Gasteiger partial charge on any atom is -0.338 e. The molecule has 3 nitrogen and oxygen atoms in total. The Bertz CT molecular complexity index is 279. The van der Waals surface area contributed by atoms with Crippen molar-refractivity contribution < 1.29 is 0 Å². The topological polar surface area (TPSA) is 29.9 Å². The van der Waals surface area contributed by atoms with Crippen molar-refractivity contribution in [3.05, 3.63) is 18.2 Å². The zero-order valence-electron chi connectivity index (χ0n) is 8.33. The lowest BCUT2D eigenvalue weighted by atomic mass is 9.73. The van der Waals surface area contributed by atoms with Gasteiger partial charge in [0.2, 0.25) is 0 Å². The molecule has 1 N–H and O–H groups in total. The lowest BCUT2D eigenvalue weighted by molar-refractivity contribution is 0.237. The van der Waals surface area contributed by atoms with Crippen molar-refractivity contribution in [2.75, 3.05) is 13.6 Å². The van der Waals surface area contributed by atoms with Gasteiger partial charge in [0, 0.05) is 25.4 Å². The van der Waals surface area contributed by atoms with Crippen molar-refractivity contribution in [1.29, 1.82) is 0 Å². The van der Waals surface area contributed by atoms with Crippen LogP contribution in [0.5, 0.6) is 0 Å². The molecule has 0 radical (unpaired) electrons. The highest BCUT2D eigenvalue weighted by atomic mass is 15.0. The van der Waals surface area contributed by atoms with Crippen LogP contribution in [0, 0.1) is 5.92 Å². The van der Waals surface area contributed by atoms with Crippen LogP contribution in [0.3, 0.4) is 0 Å². The second kappa shape index (κ2) is 3.50. The van der Waals surface area contributed by atoms with Crippen molar-refractivity contribution in [2.24, 2.45) is 13.0 Å². The van der Waals surface area contributed by atoms with E-state index in [0.29, 0.717) is 5.92 Å². The van der Waals surface area contributed by atoms with E-state index in [2.05, 4.69) is 21.9 Å². The number of rotatable bonds is 3. The Kier molecular flexibility index (Phi) is 2.36. The van der Waals surface area contributed by atoms with Gasteiger partial charge in [-0.2, -0.15) is 0 Å². The zero-order valence-corrected chi connectivity index (χ0v) is 8.33. The highest BCUT2D eigenvalue weighted by molar-refractivity contribution is 5.07. The highest BCUT2D eigenvalue weighted by Crippen LogP contribution is 2.40. The van der Waals surface area contributed by atoms with Crippen LogP contribution in [0.1, 0.15) is 24.6 Å². The third kappa shape index (κ3) is 1.48. The van der Waals surface area contributed by atoms with E-state index in [9.17, 15) is 0 Å². The highest BCUT2D eigenvalue weighted by Gasteiger charge is 2.33. The molecule has 0 aliphatic heterocycles. The molecule has 0 bridgehead atoms. The van der Waals surface area contributed by atoms with Gasteiger partial charge in [-0.15, -0.1) is 0 Å². The molecule has 2 atom stereocenters. The molecule has 0 amide bonds. The van der Waals surface area contributed by atoms with E-state index in [1.165, 1.54) is 18.7 Å². The predicted octanol–water partition coefficient (Wildman–Crippen LogP) is 1.13. The molecule has 1 fully saturated rings. The molecule has 1 aliphatic carbocycles. The first-order valence-electron chi connectivity index (χ1n) is 4.94. The molecule has 0 aromatic carbocycles. The number of hydrogen-bond donors (Lipinski definition) is 1. The van der Waals surface area contributed by atoms with Gasteiger partial charge in [-0.25, -0.2) is 4.98 Å². The lowest BCUT2D eigenvalue weighted by Crippen LogP contribution is -2.33. The second-order valence-electron chi connectivity index (χ2n) is 3.90. The number of imidazole rings is 1. The van der Waals surface area contributed by atoms with Crippen LogP contribution >= 0.6 is 0 Å². The van der Waals surface area contributed by atoms with Crippen molar-refractivity contribution in [1.82, 2.24) is 14.9 Å². The molecule has 2 rings (SSSR count). The molecule has 1 aromatic rings. The molecule has 72 valence electrons. The van der Waals surface area contributed by atoms with Crippen molar-refractivity contribution in [3.63, 3.8) is 0 Å². The number of nitrogens with one attached hydrogen (secondary N) is 1. The quantitative estimate of drug-likeness (QED) is 0.754. The Hall–Kier alpha value is -0.830. The number of aryl methyl sites for hydroxylation is 1. The summed E-state index contributed by atoms with van der Waals surface area (Å²) in [7, 11) is 4.10. The molecule has 0 spiro atoms. The molecule has 1 saturated carbocycles. The van der Waals surface area contributed by atoms with E-state index in [4.69, 9.17) is 0 Å². The Morgan fingerprint density at radius 3 is 2.92 bits per heavy atom. The van der Waals surface area contributed by atoms with Crippen LogP contribution in [-0.2, 0) is 7.05 Å². The van der Waals surface area contributed by atoms with Crippen molar-refractivity contribution in [3.8, 4) is 0 Å². The number of hydrogen-bond acceptors (Lipinski definition) is 2. The maximum Gasteiger partial charge on any atom is 0.111 e. The van der Waals surface area contributed by atoms with Crippen LogP contribution in [-0.4, -0.2) is 23.1 Å². The number of nitrogens with zero attached hydrogens (tertiary/aromatic N) is 2. The Labute approximate surface area is 79.2 Å². The molecule has 13 heavy (non-hydrogen) atoms. The largest absolute Gasteiger partial charge is 0.338 e. The van der Waals surface area contributed by atoms with Gasteiger partial charge in [0.1, 0.15) is 5.82 Å². The maximum atomic E-state index is 4.41. The van der Waals surface area contributed by atoms with Gasteiger partial charge in [-0.05, 0) is 32.4 Å². The smallest absolute Gasteiger partial charge is 0.111 e. The summed E-state index contributed by atoms with van der Waals surface area (Å²) in [5.41, 5.74) is 0. The van der Waals surface area contributed by atoms with Gasteiger partial charge in [-0.3, -0.25) is 0 Å². The first-order valence-corrected chi connectivity index (χ1v) is 4.94. The average Bonchev–Trinajstić information content (AvgIpc) is 2.46. The first kappa shape index (κ1) is 8.75. The SMILES string of the molecule is CNCC1CCC1c1nccn1C. The predicted molar refractivity (Wildman–Crippen MR) is 52.6 cm³/mol. The average molecular weight is 179 g/mol. The minimum absolute atomic E-state index is 0.687. The van der Waals surface area contributed by atoms with E-state index >= 15 is 0 Å². The van der Waals surface area contributed by atoms with E-state index < -0.39 is 0 Å². The van der Waals surface area contributed by atoms with Crippen LogP contribution in [0.15, 0.2) is 12.4 Å². The monoisotopic (exact) mass is 179 g/mol. The summed E-state index contributed by atoms with van der Waals surface area (Å²) in [6.45, 7) is 1.12. The Balaban J connectivity index is 2.06. The summed E-state index contributed by atoms with van der Waals surface area (Å²) in [4.78, 5) is 4.41. The fourth-order valence-electron chi connectivity index (χ4n) is 2.15. The summed E-state index contributed by atoms with van der Waals surface area (Å²) < 4.78 is 2.15. The first-order chi connectivity index (χ1) is 6.33. The molecular formula is C10H17N3. The minimum atomic E-state index is 0.687. The van der Waals surface area contributed by atoms with Gasteiger partial charge in [0.15, 0.2) is 0 Å². The van der Waals surface area contributed by atoms with Gasteiger partial charge < -0.3 is 9.88 Å². The summed E-state index contributed by atoms with van der Waals surface area (Å²) in [6, 6.07) is 0. The summed E-state index contributed by atoms with van der Waals surface area (Å²) in [6.07, 6.45) is 6.57. The van der Waals surface area contributed by atoms with Gasteiger partial charge >= 0.3 is 0 Å². The van der Waals surface area contributed by atoms with Crippen molar-refractivity contribution >= 4 is 0 Å². The van der Waals surface area contributed by atoms with E-state index in [1.807, 2.05) is 19.4 Å². The lowest BCUT2D eigenvalue weighted by Gasteiger charge is -2.35. The third-order valence-electron chi connectivity index (χ3n) is 3.07. The normalized spacial score (nSPS) is 27.2. The number of aromatic nitrogens is 2. The fourth-order valence-corrected chi connectivity index (χ4v) is 2.15. The molecule has 0 saturated heterocycles. The Morgan fingerprint density at radius 1 is 1.62 bits per heavy atom. The molecule has 1 aliphatic rings. The summed E-state index contributed by atoms with van der Waals surface area (Å²) in [5.74, 6) is 2.74. The third-order valence-corrected chi connectivity index (χ3v) is 3.07. The molecule has 1 aromatic heterocycles. The fraction of sp³-hybridized carbons (Fsp3) is 0.700. The molecule has 1 heterocycles. The molecule has 2 unspecified atom stereocenters. The van der Waals surface area contributed by atoms with E-state index in [0.717, 1.165) is 12.5 Å². The van der Waals surface area contributed by atoms with E-state index in [1.54, 1.807) is 0 Å². The molecule has 3 heteroatoms. The van der Waals surface area contributed by atoms with Crippen LogP contribution in [0.2, 0.25) is 0 Å². The van der Waals surface area contributed by atoms with Crippen LogP contribution in [0.4, 0.5) is 0 Å². The van der Waals surface area contributed by atoms with Gasteiger partial charge in [0.25, 0.3) is 0 Å². The van der Waals surface area contributed by atoms with E-state index in [-0.39, 0.29) is 0 Å². The second-order valence-corrected chi connectivity index (χ2v) is 3.90. The van der Waals surface area contributed by atoms with Crippen LogP contribution in [0.25, 0.3) is 0 Å². The van der Waals surface area contributed by atoms with Crippen LogP contribution < -0.4 is 5.32 Å². The standard InChI is InChI=1S/C10H17N3/c1-11-7-8-3-4-9(8)10-12-5-6-13(10)2/h5-6,8-9,11H,3-4,7H2,1-2H3. The summed E-state index contributed by atoms with van der Waals surface area (Å²) in [5, 5.41) is 3.24. The van der Waals surface area contributed by atoms with Crippen molar-refractivity contribution in [2.45, 2.75) is 18.8 Å². The zero-order chi connectivity index (χ0) is 9.26.